The monoisotopic (exact) mass is 499 g/mol. The van der Waals surface area contributed by atoms with Gasteiger partial charge in [-0.05, 0) is 54.4 Å². The summed E-state index contributed by atoms with van der Waals surface area (Å²) in [5.74, 6) is 1.45. The molecular formula is C26H22FN7O3. The molecule has 1 atom stereocenters. The number of hydrogen-bond donors (Lipinski definition) is 1. The van der Waals surface area contributed by atoms with Crippen LogP contribution in [0.5, 0.6) is 11.5 Å². The molecule has 5 aromatic rings. The molecule has 0 aliphatic carbocycles. The van der Waals surface area contributed by atoms with Crippen LogP contribution in [0.15, 0.2) is 60.9 Å². The molecule has 11 heteroatoms. The number of rotatable bonds is 6. The number of amides is 1. The Bertz CT molecular complexity index is 1640. The van der Waals surface area contributed by atoms with Crippen molar-refractivity contribution in [3.05, 3.63) is 89.1 Å². The smallest absolute Gasteiger partial charge is 0.226 e. The van der Waals surface area contributed by atoms with Crippen LogP contribution in [0.3, 0.4) is 0 Å². The minimum Gasteiger partial charge on any atom is -0.493 e. The molecule has 1 N–H and O–H groups in total. The zero-order chi connectivity index (χ0) is 25.5. The third-order valence-electron chi connectivity index (χ3n) is 6.34. The molecule has 0 radical (unpaired) electrons. The lowest BCUT2D eigenvalue weighted by Crippen LogP contribution is -2.25. The molecule has 0 fully saturated rings. The van der Waals surface area contributed by atoms with Gasteiger partial charge in [-0.15, -0.1) is 15.3 Å². The van der Waals surface area contributed by atoms with E-state index < -0.39 is 0 Å². The molecule has 1 amide bonds. The van der Waals surface area contributed by atoms with E-state index in [9.17, 15) is 9.18 Å². The minimum atomic E-state index is -0.317. The first-order valence-corrected chi connectivity index (χ1v) is 11.6. The van der Waals surface area contributed by atoms with Gasteiger partial charge in [-0.1, -0.05) is 18.2 Å². The molecule has 4 heterocycles. The normalized spacial score (nSPS) is 14.9. The highest BCUT2D eigenvalue weighted by atomic mass is 19.1. The summed E-state index contributed by atoms with van der Waals surface area (Å²) < 4.78 is 28.2. The summed E-state index contributed by atoms with van der Waals surface area (Å²) in [4.78, 5) is 12.8. The van der Waals surface area contributed by atoms with Gasteiger partial charge in [0.25, 0.3) is 0 Å². The minimum absolute atomic E-state index is 0.130. The zero-order valence-corrected chi connectivity index (χ0v) is 20.1. The Labute approximate surface area is 210 Å². The van der Waals surface area contributed by atoms with Crippen molar-refractivity contribution in [3.8, 4) is 17.3 Å². The van der Waals surface area contributed by atoms with Crippen LogP contribution in [-0.2, 0) is 11.4 Å². The largest absolute Gasteiger partial charge is 0.493 e. The van der Waals surface area contributed by atoms with Crippen LogP contribution in [0.25, 0.3) is 11.5 Å². The second-order valence-electron chi connectivity index (χ2n) is 8.72. The summed E-state index contributed by atoms with van der Waals surface area (Å²) in [6, 6.07) is 15.4. The second kappa shape index (κ2) is 9.01. The molecule has 3 aromatic heterocycles. The van der Waals surface area contributed by atoms with Gasteiger partial charge in [-0.3, -0.25) is 4.79 Å². The molecule has 37 heavy (non-hydrogen) atoms. The van der Waals surface area contributed by atoms with Crippen LogP contribution < -0.4 is 14.8 Å². The molecule has 186 valence electrons. The summed E-state index contributed by atoms with van der Waals surface area (Å²) in [5, 5.41) is 20.0. The molecule has 0 saturated carbocycles. The fraction of sp³-hybridized carbons (Fsp3) is 0.192. The van der Waals surface area contributed by atoms with E-state index in [0.29, 0.717) is 34.3 Å². The SMILES string of the molecule is COc1cc([C@H]2CC(=O)Nc3c2c(C)nn3-c2ccc3nncn3n2)ccc1OCc1cccc(F)c1. The van der Waals surface area contributed by atoms with Gasteiger partial charge >= 0.3 is 0 Å². The average molecular weight is 500 g/mol. The highest BCUT2D eigenvalue weighted by Crippen LogP contribution is 2.42. The van der Waals surface area contributed by atoms with Crippen LogP contribution in [-0.4, -0.2) is 42.6 Å². The Morgan fingerprint density at radius 1 is 1.11 bits per heavy atom. The third-order valence-corrected chi connectivity index (χ3v) is 6.34. The first kappa shape index (κ1) is 22.7. The van der Waals surface area contributed by atoms with Gasteiger partial charge in [0.15, 0.2) is 23.0 Å². The molecular weight excluding hydrogens is 477 g/mol. The number of aryl methyl sites for hydroxylation is 1. The quantitative estimate of drug-likeness (QED) is 0.378. The van der Waals surface area contributed by atoms with E-state index >= 15 is 0 Å². The van der Waals surface area contributed by atoms with Crippen molar-refractivity contribution in [2.45, 2.75) is 25.9 Å². The highest BCUT2D eigenvalue weighted by Gasteiger charge is 2.33. The fourth-order valence-electron chi connectivity index (χ4n) is 4.64. The topological polar surface area (TPSA) is 108 Å². The van der Waals surface area contributed by atoms with E-state index in [1.54, 1.807) is 46.6 Å². The van der Waals surface area contributed by atoms with E-state index in [2.05, 4.69) is 20.6 Å². The van der Waals surface area contributed by atoms with E-state index in [1.807, 2.05) is 19.1 Å². The van der Waals surface area contributed by atoms with Gasteiger partial charge in [0.1, 0.15) is 24.6 Å². The highest BCUT2D eigenvalue weighted by molar-refractivity contribution is 5.95. The predicted octanol–water partition coefficient (Wildman–Crippen LogP) is 3.82. The number of methoxy groups -OCH3 is 1. The number of fused-ring (bicyclic) bond motifs is 2. The van der Waals surface area contributed by atoms with Gasteiger partial charge in [0.05, 0.1) is 12.8 Å². The number of aromatic nitrogens is 6. The predicted molar refractivity (Wildman–Crippen MR) is 131 cm³/mol. The standard InChI is InChI=1S/C26H22FN7O3/c1-15-25-19(17-6-7-20(21(11-17)36-2)37-13-16-4-3-5-18(27)10-16)12-24(35)29-26(25)34(31-15)23-9-8-22-30-28-14-33(22)32-23/h3-11,14,19H,12-13H2,1-2H3,(H,29,35)/t19-/m1/s1. The number of nitrogens with zero attached hydrogens (tertiary/aromatic N) is 6. The second-order valence-corrected chi connectivity index (χ2v) is 8.72. The van der Waals surface area contributed by atoms with Gasteiger partial charge < -0.3 is 14.8 Å². The van der Waals surface area contributed by atoms with Crippen LogP contribution in [0, 0.1) is 12.7 Å². The average Bonchev–Trinajstić information content (AvgIpc) is 3.50. The van der Waals surface area contributed by atoms with Crippen molar-refractivity contribution < 1.29 is 18.7 Å². The van der Waals surface area contributed by atoms with E-state index in [4.69, 9.17) is 14.6 Å². The Morgan fingerprint density at radius 3 is 2.84 bits per heavy atom. The Kier molecular flexibility index (Phi) is 5.52. The maximum absolute atomic E-state index is 13.5. The van der Waals surface area contributed by atoms with Crippen LogP contribution in [0.2, 0.25) is 0 Å². The van der Waals surface area contributed by atoms with Crippen molar-refractivity contribution in [2.24, 2.45) is 0 Å². The number of anilines is 1. The molecule has 1 aliphatic rings. The number of ether oxygens (including phenoxy) is 2. The molecule has 0 unspecified atom stereocenters. The van der Waals surface area contributed by atoms with Crippen molar-refractivity contribution >= 4 is 17.4 Å². The first-order chi connectivity index (χ1) is 18.0. The van der Waals surface area contributed by atoms with Crippen LogP contribution in [0.1, 0.15) is 34.7 Å². The number of halogens is 1. The summed E-state index contributed by atoms with van der Waals surface area (Å²) in [6.07, 6.45) is 1.76. The first-order valence-electron chi connectivity index (χ1n) is 11.6. The molecule has 0 bridgehead atoms. The number of hydrogen-bond acceptors (Lipinski definition) is 7. The summed E-state index contributed by atoms with van der Waals surface area (Å²) in [7, 11) is 1.56. The Balaban J connectivity index is 1.34. The van der Waals surface area contributed by atoms with Crippen molar-refractivity contribution in [1.29, 1.82) is 0 Å². The van der Waals surface area contributed by atoms with Crippen molar-refractivity contribution in [3.63, 3.8) is 0 Å². The third kappa shape index (κ3) is 4.14. The van der Waals surface area contributed by atoms with Crippen LogP contribution in [0.4, 0.5) is 10.2 Å². The molecule has 10 nitrogen and oxygen atoms in total. The van der Waals surface area contributed by atoms with E-state index in [0.717, 1.165) is 16.8 Å². The number of benzene rings is 2. The maximum Gasteiger partial charge on any atom is 0.226 e. The van der Waals surface area contributed by atoms with Gasteiger partial charge in [0, 0.05) is 17.9 Å². The summed E-state index contributed by atoms with van der Waals surface area (Å²) in [5.41, 5.74) is 3.88. The maximum atomic E-state index is 13.5. The zero-order valence-electron chi connectivity index (χ0n) is 20.1. The fourth-order valence-corrected chi connectivity index (χ4v) is 4.64. The number of carbonyl (C=O) groups excluding carboxylic acids is 1. The van der Waals surface area contributed by atoms with E-state index in [-0.39, 0.29) is 30.7 Å². The molecule has 1 aliphatic heterocycles. The summed E-state index contributed by atoms with van der Waals surface area (Å²) >= 11 is 0. The molecule has 0 spiro atoms. The molecule has 6 rings (SSSR count). The summed E-state index contributed by atoms with van der Waals surface area (Å²) in [6.45, 7) is 2.10. The lowest BCUT2D eigenvalue weighted by Gasteiger charge is -2.25. The Morgan fingerprint density at radius 2 is 2.00 bits per heavy atom. The van der Waals surface area contributed by atoms with Crippen molar-refractivity contribution in [2.75, 3.05) is 12.4 Å². The van der Waals surface area contributed by atoms with E-state index in [1.165, 1.54) is 18.5 Å². The Hall–Kier alpha value is -4.80. The van der Waals surface area contributed by atoms with Gasteiger partial charge in [0.2, 0.25) is 5.91 Å². The lowest BCUT2D eigenvalue weighted by molar-refractivity contribution is -0.116. The molecule has 0 saturated heterocycles. The van der Waals surface area contributed by atoms with Crippen LogP contribution >= 0.6 is 0 Å². The number of nitrogens with one attached hydrogen (secondary N) is 1. The van der Waals surface area contributed by atoms with Gasteiger partial charge in [-0.25, -0.2) is 4.39 Å². The molecule has 2 aromatic carbocycles. The number of carbonyl (C=O) groups is 1. The lowest BCUT2D eigenvalue weighted by atomic mass is 9.85. The van der Waals surface area contributed by atoms with Gasteiger partial charge in [-0.2, -0.15) is 14.3 Å². The van der Waals surface area contributed by atoms with Crippen molar-refractivity contribution in [1.82, 2.24) is 29.6 Å².